The van der Waals surface area contributed by atoms with Crippen LogP contribution in [0.2, 0.25) is 0 Å². The van der Waals surface area contributed by atoms with E-state index in [-0.39, 0.29) is 11.9 Å². The molecule has 0 aliphatic carbocycles. The Labute approximate surface area is 203 Å². The lowest BCUT2D eigenvalue weighted by Crippen LogP contribution is -2.56. The number of hydrogen-bond donors (Lipinski definition) is 3. The van der Waals surface area contributed by atoms with Gasteiger partial charge >= 0.3 is 0 Å². The number of nitrogens with zero attached hydrogens (tertiary/aromatic N) is 7. The van der Waals surface area contributed by atoms with Gasteiger partial charge in [0, 0.05) is 30.9 Å². The van der Waals surface area contributed by atoms with Gasteiger partial charge in [-0.3, -0.25) is 15.1 Å². The molecule has 36 heavy (non-hydrogen) atoms. The van der Waals surface area contributed by atoms with Crippen molar-refractivity contribution in [2.75, 3.05) is 18.0 Å². The van der Waals surface area contributed by atoms with E-state index in [9.17, 15) is 4.39 Å². The Morgan fingerprint density at radius 1 is 0.889 bits per heavy atom. The monoisotopic (exact) mass is 478 g/mol. The lowest BCUT2D eigenvalue weighted by Gasteiger charge is -2.37. The van der Waals surface area contributed by atoms with Crippen LogP contribution in [-0.2, 0) is 0 Å². The number of rotatable bonds is 4. The second-order valence-electron chi connectivity index (χ2n) is 8.71. The van der Waals surface area contributed by atoms with Gasteiger partial charge in [0.05, 0.1) is 29.1 Å². The molecule has 1 fully saturated rings. The van der Waals surface area contributed by atoms with Gasteiger partial charge in [-0.1, -0.05) is 12.1 Å². The van der Waals surface area contributed by atoms with E-state index >= 15 is 0 Å². The van der Waals surface area contributed by atoms with Crippen LogP contribution in [0.15, 0.2) is 61.1 Å². The van der Waals surface area contributed by atoms with Crippen LogP contribution < -0.4 is 10.6 Å². The van der Waals surface area contributed by atoms with Crippen molar-refractivity contribution in [2.45, 2.75) is 6.04 Å². The fourth-order valence-corrected chi connectivity index (χ4v) is 4.44. The molecule has 6 aromatic rings. The maximum Gasteiger partial charge on any atom is 0.161 e. The molecule has 5 aromatic heterocycles. The van der Waals surface area contributed by atoms with Crippen molar-refractivity contribution in [3.63, 3.8) is 0 Å². The highest BCUT2D eigenvalue weighted by atomic mass is 19.1. The van der Waals surface area contributed by atoms with E-state index in [4.69, 9.17) is 20.7 Å². The van der Waals surface area contributed by atoms with E-state index in [1.807, 2.05) is 12.1 Å². The molecule has 1 aromatic carbocycles. The Morgan fingerprint density at radius 3 is 2.61 bits per heavy atom. The fraction of sp³-hybridized carbons (Fsp3) is 0.120. The summed E-state index contributed by atoms with van der Waals surface area (Å²) in [5.74, 6) is 0.914. The van der Waals surface area contributed by atoms with Crippen LogP contribution in [0.1, 0.15) is 0 Å². The van der Waals surface area contributed by atoms with E-state index in [0.717, 1.165) is 29.9 Å². The van der Waals surface area contributed by atoms with Gasteiger partial charge in [-0.25, -0.2) is 19.3 Å². The molecule has 0 atom stereocenters. The highest BCUT2D eigenvalue weighted by Gasteiger charge is 2.25. The third kappa shape index (κ3) is 3.28. The summed E-state index contributed by atoms with van der Waals surface area (Å²) < 4.78 is 14.5. The van der Waals surface area contributed by atoms with E-state index in [2.05, 4.69) is 30.0 Å². The Hall–Kier alpha value is -4.77. The standard InChI is InChI=1S/C25H19FN10/c26-15-4-2-1-3-14(15)21-22-17(7-8-29-21)32-25(33-22)24-23-18(34-35-24)6-5-16(31-23)19-9-28-10-20(30-19)36-11-13(27)12-36/h1-10,13H,11-12,27H2,(H,32,33)(H,34,35). The number of aromatic nitrogens is 8. The number of imidazole rings is 1. The van der Waals surface area contributed by atoms with Crippen molar-refractivity contribution in [2.24, 2.45) is 5.73 Å². The first kappa shape index (κ1) is 20.6. The molecule has 1 saturated heterocycles. The molecular weight excluding hydrogens is 459 g/mol. The van der Waals surface area contributed by atoms with Crippen molar-refractivity contribution in [3.8, 4) is 34.2 Å². The second-order valence-corrected chi connectivity index (χ2v) is 8.71. The Kier molecular flexibility index (Phi) is 4.51. The summed E-state index contributed by atoms with van der Waals surface area (Å²) in [4.78, 5) is 28.4. The van der Waals surface area contributed by atoms with Crippen LogP contribution in [0, 0.1) is 5.82 Å². The minimum Gasteiger partial charge on any atom is -0.352 e. The summed E-state index contributed by atoms with van der Waals surface area (Å²) in [6, 6.07) is 12.2. The number of H-pyrrole nitrogens is 2. The molecule has 0 radical (unpaired) electrons. The van der Waals surface area contributed by atoms with Crippen LogP contribution >= 0.6 is 0 Å². The third-order valence-corrected chi connectivity index (χ3v) is 6.28. The second kappa shape index (κ2) is 7.89. The minimum atomic E-state index is -0.359. The maximum atomic E-state index is 14.5. The number of aromatic amines is 2. The third-order valence-electron chi connectivity index (χ3n) is 6.28. The lowest BCUT2D eigenvalue weighted by molar-refractivity contribution is 0.514. The summed E-state index contributed by atoms with van der Waals surface area (Å²) >= 11 is 0. The van der Waals surface area contributed by atoms with E-state index in [1.165, 1.54) is 6.07 Å². The van der Waals surface area contributed by atoms with E-state index in [1.54, 1.807) is 42.9 Å². The minimum absolute atomic E-state index is 0.163. The molecule has 176 valence electrons. The molecule has 0 amide bonds. The van der Waals surface area contributed by atoms with Crippen molar-refractivity contribution < 1.29 is 4.39 Å². The molecule has 0 unspecified atom stereocenters. The zero-order valence-electron chi connectivity index (χ0n) is 18.9. The van der Waals surface area contributed by atoms with Crippen LogP contribution in [-0.4, -0.2) is 59.2 Å². The highest BCUT2D eigenvalue weighted by molar-refractivity contribution is 5.95. The number of pyridine rings is 2. The summed E-state index contributed by atoms with van der Waals surface area (Å²) in [6.07, 6.45) is 5.04. The topological polar surface area (TPSA) is 138 Å². The molecule has 0 bridgehead atoms. The van der Waals surface area contributed by atoms with Gasteiger partial charge in [0.1, 0.15) is 34.1 Å². The molecular formula is C25H19FN10. The zero-order valence-corrected chi connectivity index (χ0v) is 18.9. The summed E-state index contributed by atoms with van der Waals surface area (Å²) in [6.45, 7) is 1.51. The SMILES string of the molecule is NC1CN(c2cncc(-c3ccc4[nH]nc(-c5nc6c(-c7ccccc7F)nccc6[nH]5)c4n3)n2)C1. The van der Waals surface area contributed by atoms with Crippen molar-refractivity contribution in [1.82, 2.24) is 40.1 Å². The molecule has 7 rings (SSSR count). The van der Waals surface area contributed by atoms with Gasteiger partial charge in [-0.05, 0) is 30.3 Å². The van der Waals surface area contributed by atoms with Crippen molar-refractivity contribution in [1.29, 1.82) is 0 Å². The molecule has 11 heteroatoms. The summed E-state index contributed by atoms with van der Waals surface area (Å²) in [5, 5.41) is 7.47. The molecule has 1 aliphatic rings. The number of fused-ring (bicyclic) bond motifs is 2. The molecule has 0 saturated carbocycles. The van der Waals surface area contributed by atoms with Crippen LogP contribution in [0.4, 0.5) is 10.2 Å². The Bertz CT molecular complexity index is 1750. The Morgan fingerprint density at radius 2 is 1.75 bits per heavy atom. The van der Waals surface area contributed by atoms with Crippen LogP contribution in [0.25, 0.3) is 56.2 Å². The van der Waals surface area contributed by atoms with Gasteiger partial charge in [0.25, 0.3) is 0 Å². The molecule has 0 spiro atoms. The smallest absolute Gasteiger partial charge is 0.161 e. The first-order valence-corrected chi connectivity index (χ1v) is 11.4. The van der Waals surface area contributed by atoms with E-state index in [0.29, 0.717) is 45.2 Å². The quantitative estimate of drug-likeness (QED) is 0.351. The number of benzene rings is 1. The first-order valence-electron chi connectivity index (χ1n) is 11.4. The maximum absolute atomic E-state index is 14.5. The molecule has 10 nitrogen and oxygen atoms in total. The summed E-state index contributed by atoms with van der Waals surface area (Å²) in [7, 11) is 0. The highest BCUT2D eigenvalue weighted by Crippen LogP contribution is 2.31. The van der Waals surface area contributed by atoms with Gasteiger partial charge in [0.2, 0.25) is 0 Å². The number of anilines is 1. The van der Waals surface area contributed by atoms with Gasteiger partial charge in [-0.15, -0.1) is 0 Å². The lowest BCUT2D eigenvalue weighted by atomic mass is 10.1. The fourth-order valence-electron chi connectivity index (χ4n) is 4.44. The predicted molar refractivity (Wildman–Crippen MR) is 133 cm³/mol. The zero-order chi connectivity index (χ0) is 24.2. The van der Waals surface area contributed by atoms with Crippen molar-refractivity contribution >= 4 is 27.9 Å². The van der Waals surface area contributed by atoms with Crippen LogP contribution in [0.3, 0.4) is 0 Å². The predicted octanol–water partition coefficient (Wildman–Crippen LogP) is 3.31. The summed E-state index contributed by atoms with van der Waals surface area (Å²) in [5.41, 5.74) is 11.3. The molecule has 1 aliphatic heterocycles. The largest absolute Gasteiger partial charge is 0.352 e. The van der Waals surface area contributed by atoms with Gasteiger partial charge in [0.15, 0.2) is 11.5 Å². The number of nitrogens with two attached hydrogens (primary N) is 1. The van der Waals surface area contributed by atoms with Crippen LogP contribution in [0.5, 0.6) is 0 Å². The normalized spacial score (nSPS) is 14.0. The van der Waals surface area contributed by atoms with Crippen molar-refractivity contribution in [3.05, 3.63) is 66.9 Å². The van der Waals surface area contributed by atoms with Gasteiger partial charge in [-0.2, -0.15) is 5.10 Å². The number of halogens is 1. The first-order chi connectivity index (χ1) is 17.6. The van der Waals surface area contributed by atoms with E-state index < -0.39 is 0 Å². The number of hydrogen-bond acceptors (Lipinski definition) is 8. The Balaban J connectivity index is 1.32. The van der Waals surface area contributed by atoms with Gasteiger partial charge < -0.3 is 15.6 Å². The number of nitrogens with one attached hydrogen (secondary N) is 2. The average molecular weight is 478 g/mol. The average Bonchev–Trinajstić information content (AvgIpc) is 3.51. The molecule has 6 heterocycles. The molecule has 4 N–H and O–H groups in total.